The molecule has 0 bridgehead atoms. The number of nitrogens with zero attached hydrogens (tertiary/aromatic N) is 1. The highest BCUT2D eigenvalue weighted by molar-refractivity contribution is 5.98. The predicted molar refractivity (Wildman–Crippen MR) is 73.7 cm³/mol. The smallest absolute Gasteiger partial charge is 0.326 e. The Bertz CT molecular complexity index is 541. The van der Waals surface area contributed by atoms with Gasteiger partial charge in [-0.25, -0.2) is 4.79 Å². The van der Waals surface area contributed by atoms with Crippen molar-refractivity contribution in [3.8, 4) is 5.75 Å². The molecule has 1 heterocycles. The molecule has 1 aliphatic heterocycles. The Morgan fingerprint density at radius 3 is 2.65 bits per heavy atom. The highest BCUT2D eigenvalue weighted by Gasteiger charge is 2.37. The molecule has 2 N–H and O–H groups in total. The van der Waals surface area contributed by atoms with Crippen molar-refractivity contribution >= 4 is 11.9 Å². The van der Waals surface area contributed by atoms with Crippen molar-refractivity contribution in [3.05, 3.63) is 29.3 Å². The van der Waals surface area contributed by atoms with Gasteiger partial charge in [-0.15, -0.1) is 0 Å². The average molecular weight is 277 g/mol. The maximum absolute atomic E-state index is 12.6. The number of phenolic OH excluding ortho intramolecular Hbond substituents is 1. The van der Waals surface area contributed by atoms with Gasteiger partial charge in [0, 0.05) is 12.1 Å². The van der Waals surface area contributed by atoms with E-state index in [0.29, 0.717) is 17.7 Å². The Balaban J connectivity index is 2.33. The number of aromatic hydroxyl groups is 1. The first-order chi connectivity index (χ1) is 9.41. The number of carbonyl (C=O) groups is 2. The fourth-order valence-electron chi connectivity index (χ4n) is 2.83. The fourth-order valence-corrected chi connectivity index (χ4v) is 2.83. The molecule has 1 amide bonds. The first kappa shape index (κ1) is 14.4. The number of rotatable bonds is 2. The van der Waals surface area contributed by atoms with Gasteiger partial charge in [-0.3, -0.25) is 4.79 Å². The minimum absolute atomic E-state index is 0.0531. The van der Waals surface area contributed by atoms with Gasteiger partial charge in [0.1, 0.15) is 11.8 Å². The SMILES string of the molecule is Cc1cc(O)ccc1C(=O)N1CCCC(C)C1C(=O)O. The van der Waals surface area contributed by atoms with Crippen LogP contribution in [-0.4, -0.2) is 39.6 Å². The lowest BCUT2D eigenvalue weighted by atomic mass is 9.90. The van der Waals surface area contributed by atoms with Gasteiger partial charge in [-0.2, -0.15) is 0 Å². The average Bonchev–Trinajstić information content (AvgIpc) is 2.37. The molecular weight excluding hydrogens is 258 g/mol. The standard InChI is InChI=1S/C15H19NO4/c1-9-4-3-7-16(13(9)15(19)20)14(18)12-6-5-11(17)8-10(12)2/h5-6,8-9,13,17H,3-4,7H2,1-2H3,(H,19,20). The molecule has 2 unspecified atom stereocenters. The summed E-state index contributed by atoms with van der Waals surface area (Å²) in [6.45, 7) is 4.05. The fraction of sp³-hybridized carbons (Fsp3) is 0.467. The summed E-state index contributed by atoms with van der Waals surface area (Å²) < 4.78 is 0. The lowest BCUT2D eigenvalue weighted by Crippen LogP contribution is -2.52. The lowest BCUT2D eigenvalue weighted by molar-refractivity contribution is -0.145. The van der Waals surface area contributed by atoms with Crippen molar-refractivity contribution in [2.75, 3.05) is 6.54 Å². The predicted octanol–water partition coefficient (Wildman–Crippen LogP) is 2.03. The number of amides is 1. The molecule has 20 heavy (non-hydrogen) atoms. The first-order valence-corrected chi connectivity index (χ1v) is 6.75. The molecule has 0 aromatic heterocycles. The van der Waals surface area contributed by atoms with E-state index in [-0.39, 0.29) is 17.6 Å². The number of likely N-dealkylation sites (tertiary alicyclic amines) is 1. The van der Waals surface area contributed by atoms with Crippen LogP contribution in [0.15, 0.2) is 18.2 Å². The molecule has 2 rings (SSSR count). The Kier molecular flexibility index (Phi) is 3.97. The van der Waals surface area contributed by atoms with Crippen LogP contribution in [0.1, 0.15) is 35.7 Å². The molecule has 5 nitrogen and oxygen atoms in total. The molecule has 5 heteroatoms. The Morgan fingerprint density at radius 1 is 1.35 bits per heavy atom. The lowest BCUT2D eigenvalue weighted by Gasteiger charge is -2.37. The monoisotopic (exact) mass is 277 g/mol. The summed E-state index contributed by atoms with van der Waals surface area (Å²) in [5.41, 5.74) is 1.10. The molecule has 1 aromatic carbocycles. The van der Waals surface area contributed by atoms with Crippen molar-refractivity contribution in [1.29, 1.82) is 0 Å². The Labute approximate surface area is 117 Å². The quantitative estimate of drug-likeness (QED) is 0.867. The summed E-state index contributed by atoms with van der Waals surface area (Å²) in [6.07, 6.45) is 1.63. The molecule has 1 aliphatic rings. The molecular formula is C15H19NO4. The second-order valence-corrected chi connectivity index (χ2v) is 5.40. The highest BCUT2D eigenvalue weighted by atomic mass is 16.4. The van der Waals surface area contributed by atoms with Gasteiger partial charge < -0.3 is 15.1 Å². The van der Waals surface area contributed by atoms with E-state index in [1.165, 1.54) is 17.0 Å². The van der Waals surface area contributed by atoms with Crippen LogP contribution in [-0.2, 0) is 4.79 Å². The molecule has 1 fully saturated rings. The molecule has 0 saturated carbocycles. The molecule has 1 aromatic rings. The number of carboxylic acid groups (broad SMARTS) is 1. The summed E-state index contributed by atoms with van der Waals surface area (Å²) in [7, 11) is 0. The topological polar surface area (TPSA) is 77.8 Å². The third kappa shape index (κ3) is 2.61. The summed E-state index contributed by atoms with van der Waals surface area (Å²) in [4.78, 5) is 25.4. The van der Waals surface area contributed by atoms with Crippen LogP contribution in [0.2, 0.25) is 0 Å². The number of carbonyl (C=O) groups excluding carboxylic acids is 1. The number of aliphatic carboxylic acids is 1. The van der Waals surface area contributed by atoms with Gasteiger partial charge in [-0.05, 0) is 49.4 Å². The number of carboxylic acids is 1. The minimum atomic E-state index is -0.956. The van der Waals surface area contributed by atoms with Gasteiger partial charge in [0.05, 0.1) is 0 Å². The highest BCUT2D eigenvalue weighted by Crippen LogP contribution is 2.26. The van der Waals surface area contributed by atoms with Crippen molar-refractivity contribution < 1.29 is 19.8 Å². The van der Waals surface area contributed by atoms with Crippen LogP contribution in [0.5, 0.6) is 5.75 Å². The third-order valence-corrected chi connectivity index (χ3v) is 3.89. The van der Waals surface area contributed by atoms with Crippen molar-refractivity contribution in [2.24, 2.45) is 5.92 Å². The van der Waals surface area contributed by atoms with E-state index in [2.05, 4.69) is 0 Å². The molecule has 0 aliphatic carbocycles. The van der Waals surface area contributed by atoms with Gasteiger partial charge in [-0.1, -0.05) is 6.92 Å². The van der Waals surface area contributed by atoms with Gasteiger partial charge in [0.25, 0.3) is 5.91 Å². The Hall–Kier alpha value is -2.04. The summed E-state index contributed by atoms with van der Waals surface area (Å²) in [5, 5.41) is 18.7. The zero-order valence-electron chi connectivity index (χ0n) is 11.7. The number of aryl methyl sites for hydroxylation is 1. The molecule has 0 spiro atoms. The number of phenols is 1. The van der Waals surface area contributed by atoms with E-state index >= 15 is 0 Å². The zero-order chi connectivity index (χ0) is 14.9. The number of piperidine rings is 1. The van der Waals surface area contributed by atoms with Crippen LogP contribution in [0, 0.1) is 12.8 Å². The van der Waals surface area contributed by atoms with Crippen molar-refractivity contribution in [2.45, 2.75) is 32.7 Å². The molecule has 0 radical (unpaired) electrons. The number of hydrogen-bond donors (Lipinski definition) is 2. The first-order valence-electron chi connectivity index (χ1n) is 6.75. The van der Waals surface area contributed by atoms with Crippen LogP contribution in [0.25, 0.3) is 0 Å². The van der Waals surface area contributed by atoms with E-state index in [1.54, 1.807) is 13.0 Å². The summed E-state index contributed by atoms with van der Waals surface area (Å²) >= 11 is 0. The van der Waals surface area contributed by atoms with Crippen molar-refractivity contribution in [1.82, 2.24) is 4.90 Å². The molecule has 2 atom stereocenters. The second kappa shape index (κ2) is 5.53. The third-order valence-electron chi connectivity index (χ3n) is 3.89. The zero-order valence-corrected chi connectivity index (χ0v) is 11.7. The van der Waals surface area contributed by atoms with E-state index in [9.17, 15) is 19.8 Å². The Morgan fingerprint density at radius 2 is 2.05 bits per heavy atom. The minimum Gasteiger partial charge on any atom is -0.508 e. The second-order valence-electron chi connectivity index (χ2n) is 5.40. The molecule has 1 saturated heterocycles. The van der Waals surface area contributed by atoms with Gasteiger partial charge >= 0.3 is 5.97 Å². The maximum atomic E-state index is 12.6. The van der Waals surface area contributed by atoms with E-state index in [1.807, 2.05) is 6.92 Å². The summed E-state index contributed by atoms with van der Waals surface area (Å²) in [6, 6.07) is 3.73. The van der Waals surface area contributed by atoms with E-state index < -0.39 is 12.0 Å². The number of hydrogen-bond acceptors (Lipinski definition) is 3. The van der Waals surface area contributed by atoms with Crippen LogP contribution in [0.3, 0.4) is 0 Å². The van der Waals surface area contributed by atoms with E-state index in [0.717, 1.165) is 12.8 Å². The van der Waals surface area contributed by atoms with Crippen LogP contribution in [0.4, 0.5) is 0 Å². The summed E-state index contributed by atoms with van der Waals surface area (Å²) in [5.74, 6) is -1.19. The van der Waals surface area contributed by atoms with Crippen molar-refractivity contribution in [3.63, 3.8) is 0 Å². The number of benzene rings is 1. The van der Waals surface area contributed by atoms with Crippen LogP contribution >= 0.6 is 0 Å². The largest absolute Gasteiger partial charge is 0.508 e. The van der Waals surface area contributed by atoms with E-state index in [4.69, 9.17) is 0 Å². The molecule has 108 valence electrons. The maximum Gasteiger partial charge on any atom is 0.326 e. The van der Waals surface area contributed by atoms with Gasteiger partial charge in [0.15, 0.2) is 0 Å². The van der Waals surface area contributed by atoms with Gasteiger partial charge in [0.2, 0.25) is 0 Å². The normalized spacial score (nSPS) is 22.6. The van der Waals surface area contributed by atoms with Crippen LogP contribution < -0.4 is 0 Å².